The Hall–Kier alpha value is -1.84. The molecule has 4 heteroatoms. The minimum Gasteiger partial charge on any atom is -0.481 e. The molecule has 1 aromatic carbocycles. The van der Waals surface area contributed by atoms with Crippen LogP contribution in [0.2, 0.25) is 0 Å². The summed E-state index contributed by atoms with van der Waals surface area (Å²) in [4.78, 5) is 25.7. The summed E-state index contributed by atoms with van der Waals surface area (Å²) in [6, 6.07) is 7.53. The van der Waals surface area contributed by atoms with Gasteiger partial charge in [-0.15, -0.1) is 0 Å². The Morgan fingerprint density at radius 3 is 2.55 bits per heavy atom. The number of aliphatic carboxylic acids is 1. The number of hydrogen-bond acceptors (Lipinski definition) is 2. The van der Waals surface area contributed by atoms with E-state index < -0.39 is 11.9 Å². The average molecular weight is 273 g/mol. The van der Waals surface area contributed by atoms with Crippen molar-refractivity contribution in [2.45, 2.75) is 32.7 Å². The summed E-state index contributed by atoms with van der Waals surface area (Å²) >= 11 is 0. The van der Waals surface area contributed by atoms with Crippen molar-refractivity contribution in [2.24, 2.45) is 11.3 Å². The van der Waals surface area contributed by atoms with Gasteiger partial charge in [-0.3, -0.25) is 9.59 Å². The molecule has 20 heavy (non-hydrogen) atoms. The number of carbonyl (C=O) groups excluding carboxylic acids is 1. The summed E-state index contributed by atoms with van der Waals surface area (Å²) in [6.45, 7) is 4.99. The Morgan fingerprint density at radius 2 is 1.95 bits per heavy atom. The second-order valence-corrected chi connectivity index (χ2v) is 6.55. The minimum absolute atomic E-state index is 0.0576. The normalized spacial score (nSPS) is 26.8. The number of benzene rings is 1. The van der Waals surface area contributed by atoms with Gasteiger partial charge in [0.2, 0.25) is 5.91 Å². The first kappa shape index (κ1) is 13.2. The molecular weight excluding hydrogens is 254 g/mol. The first-order chi connectivity index (χ1) is 9.40. The number of carboxylic acid groups (broad SMARTS) is 1. The largest absolute Gasteiger partial charge is 0.481 e. The van der Waals surface area contributed by atoms with Crippen molar-refractivity contribution in [3.8, 4) is 0 Å². The molecule has 2 atom stereocenters. The maximum Gasteiger partial charge on any atom is 0.312 e. The predicted octanol–water partition coefficient (Wildman–Crippen LogP) is 2.24. The van der Waals surface area contributed by atoms with Crippen LogP contribution in [-0.2, 0) is 16.1 Å². The highest BCUT2D eigenvalue weighted by Gasteiger charge is 2.52. The summed E-state index contributed by atoms with van der Waals surface area (Å²) in [7, 11) is 0. The van der Waals surface area contributed by atoms with Crippen LogP contribution in [0.1, 0.15) is 37.3 Å². The first-order valence-corrected chi connectivity index (χ1v) is 6.99. The van der Waals surface area contributed by atoms with E-state index in [0.29, 0.717) is 6.54 Å². The minimum atomic E-state index is -0.856. The Morgan fingerprint density at radius 1 is 1.30 bits per heavy atom. The molecule has 0 spiro atoms. The van der Waals surface area contributed by atoms with E-state index in [-0.39, 0.29) is 23.8 Å². The maximum absolute atomic E-state index is 12.5. The smallest absolute Gasteiger partial charge is 0.312 e. The fourth-order valence-electron chi connectivity index (χ4n) is 3.10. The molecule has 4 nitrogen and oxygen atoms in total. The quantitative estimate of drug-likeness (QED) is 0.899. The predicted molar refractivity (Wildman–Crippen MR) is 74.1 cm³/mol. The van der Waals surface area contributed by atoms with Crippen LogP contribution in [0.5, 0.6) is 0 Å². The number of amides is 1. The zero-order valence-corrected chi connectivity index (χ0v) is 11.8. The molecule has 1 N–H and O–H groups in total. The third kappa shape index (κ3) is 2.09. The monoisotopic (exact) mass is 273 g/mol. The Labute approximate surface area is 118 Å². The van der Waals surface area contributed by atoms with Crippen molar-refractivity contribution in [3.63, 3.8) is 0 Å². The van der Waals surface area contributed by atoms with Crippen molar-refractivity contribution in [3.05, 3.63) is 35.4 Å². The lowest BCUT2D eigenvalue weighted by molar-refractivity contribution is -0.142. The van der Waals surface area contributed by atoms with Crippen LogP contribution in [0.15, 0.2) is 24.3 Å². The molecule has 1 aliphatic carbocycles. The number of hydrogen-bond donors (Lipinski definition) is 1. The van der Waals surface area contributed by atoms with E-state index in [1.165, 1.54) is 0 Å². The molecule has 3 rings (SSSR count). The van der Waals surface area contributed by atoms with Gasteiger partial charge < -0.3 is 10.0 Å². The fraction of sp³-hybridized carbons (Fsp3) is 0.500. The maximum atomic E-state index is 12.5. The molecule has 1 aliphatic heterocycles. The SMILES string of the molecule is CC1(C)CC1C(=O)N1Cc2ccccc2C(C(=O)O)C1. The molecular formula is C16H19NO3. The third-order valence-electron chi connectivity index (χ3n) is 4.62. The van der Waals surface area contributed by atoms with Crippen LogP contribution in [0.25, 0.3) is 0 Å². The molecule has 0 aromatic heterocycles. The van der Waals surface area contributed by atoms with Gasteiger partial charge in [-0.2, -0.15) is 0 Å². The number of fused-ring (bicyclic) bond motifs is 1. The number of carboxylic acids is 1. The zero-order chi connectivity index (χ0) is 14.5. The second kappa shape index (κ2) is 4.33. The molecule has 1 fully saturated rings. The molecule has 0 bridgehead atoms. The summed E-state index contributed by atoms with van der Waals surface area (Å²) < 4.78 is 0. The Bertz CT molecular complexity index is 579. The first-order valence-electron chi connectivity index (χ1n) is 6.99. The van der Waals surface area contributed by atoms with Gasteiger partial charge >= 0.3 is 5.97 Å². The molecule has 2 aliphatic rings. The van der Waals surface area contributed by atoms with Gasteiger partial charge in [-0.05, 0) is 23.0 Å². The zero-order valence-electron chi connectivity index (χ0n) is 11.8. The lowest BCUT2D eigenvalue weighted by atomic mass is 9.89. The highest BCUT2D eigenvalue weighted by molar-refractivity contribution is 5.85. The number of rotatable bonds is 2. The molecule has 106 valence electrons. The summed E-state index contributed by atoms with van der Waals surface area (Å²) in [6.07, 6.45) is 0.904. The molecule has 1 heterocycles. The van der Waals surface area contributed by atoms with E-state index in [0.717, 1.165) is 17.5 Å². The van der Waals surface area contributed by atoms with Gasteiger partial charge in [0.05, 0.1) is 5.92 Å². The molecule has 1 saturated carbocycles. The van der Waals surface area contributed by atoms with Gasteiger partial charge in [0.25, 0.3) is 0 Å². The average Bonchev–Trinajstić information content (AvgIpc) is 3.05. The second-order valence-electron chi connectivity index (χ2n) is 6.55. The van der Waals surface area contributed by atoms with E-state index in [1.54, 1.807) is 4.90 Å². The van der Waals surface area contributed by atoms with Crippen molar-refractivity contribution in [1.29, 1.82) is 0 Å². The fourth-order valence-corrected chi connectivity index (χ4v) is 3.10. The molecule has 0 radical (unpaired) electrons. The summed E-state index contributed by atoms with van der Waals surface area (Å²) in [5.74, 6) is -1.30. The highest BCUT2D eigenvalue weighted by atomic mass is 16.4. The molecule has 0 saturated heterocycles. The molecule has 1 amide bonds. The van der Waals surface area contributed by atoms with Gasteiger partial charge in [0, 0.05) is 19.0 Å². The number of carbonyl (C=O) groups is 2. The van der Waals surface area contributed by atoms with E-state index in [2.05, 4.69) is 13.8 Å². The van der Waals surface area contributed by atoms with E-state index in [4.69, 9.17) is 0 Å². The Kier molecular flexibility index (Phi) is 2.85. The van der Waals surface area contributed by atoms with Crippen LogP contribution in [0, 0.1) is 11.3 Å². The van der Waals surface area contributed by atoms with Crippen LogP contribution < -0.4 is 0 Å². The van der Waals surface area contributed by atoms with Crippen molar-refractivity contribution in [1.82, 2.24) is 4.90 Å². The summed E-state index contributed by atoms with van der Waals surface area (Å²) in [5.41, 5.74) is 1.88. The van der Waals surface area contributed by atoms with Gasteiger partial charge in [-0.1, -0.05) is 38.1 Å². The van der Waals surface area contributed by atoms with Gasteiger partial charge in [0.1, 0.15) is 0 Å². The number of nitrogens with zero attached hydrogens (tertiary/aromatic N) is 1. The lowest BCUT2D eigenvalue weighted by Crippen LogP contribution is -2.41. The lowest BCUT2D eigenvalue weighted by Gasteiger charge is -2.33. The van der Waals surface area contributed by atoms with E-state index in [1.807, 2.05) is 24.3 Å². The van der Waals surface area contributed by atoms with Crippen LogP contribution >= 0.6 is 0 Å². The van der Waals surface area contributed by atoms with Crippen LogP contribution in [-0.4, -0.2) is 28.4 Å². The highest BCUT2D eigenvalue weighted by Crippen LogP contribution is 2.52. The van der Waals surface area contributed by atoms with Crippen LogP contribution in [0.3, 0.4) is 0 Å². The molecule has 1 aromatic rings. The topological polar surface area (TPSA) is 57.6 Å². The summed E-state index contributed by atoms with van der Waals surface area (Å²) in [5, 5.41) is 9.40. The van der Waals surface area contributed by atoms with Crippen molar-refractivity contribution >= 4 is 11.9 Å². The van der Waals surface area contributed by atoms with Crippen molar-refractivity contribution in [2.75, 3.05) is 6.54 Å². The van der Waals surface area contributed by atoms with Crippen LogP contribution in [0.4, 0.5) is 0 Å². The van der Waals surface area contributed by atoms with E-state index in [9.17, 15) is 14.7 Å². The van der Waals surface area contributed by atoms with Crippen molar-refractivity contribution < 1.29 is 14.7 Å². The standard InChI is InChI=1S/C16H19NO3/c1-16(2)7-13(16)14(18)17-8-10-5-3-4-6-11(10)12(9-17)15(19)20/h3-6,12-13H,7-9H2,1-2H3,(H,19,20). The van der Waals surface area contributed by atoms with Gasteiger partial charge in [0.15, 0.2) is 0 Å². The Balaban J connectivity index is 1.87. The van der Waals surface area contributed by atoms with Gasteiger partial charge in [-0.25, -0.2) is 0 Å². The van der Waals surface area contributed by atoms with E-state index >= 15 is 0 Å². The third-order valence-corrected chi connectivity index (χ3v) is 4.62. The molecule has 2 unspecified atom stereocenters.